The molecule has 102 valence electrons. The van der Waals surface area contributed by atoms with Crippen LogP contribution in [0, 0.1) is 0 Å². The summed E-state index contributed by atoms with van der Waals surface area (Å²) >= 11 is 0. The van der Waals surface area contributed by atoms with Gasteiger partial charge in [-0.15, -0.1) is 0 Å². The van der Waals surface area contributed by atoms with Crippen molar-refractivity contribution in [3.8, 4) is 5.75 Å². The van der Waals surface area contributed by atoms with E-state index in [1.165, 1.54) is 12.8 Å². The fraction of sp³-hybridized carbons (Fsp3) is 0.500. The Balaban J connectivity index is 1.57. The summed E-state index contributed by atoms with van der Waals surface area (Å²) in [4.78, 5) is 11.5. The zero-order valence-electron chi connectivity index (χ0n) is 11.0. The number of benzene rings is 1. The van der Waals surface area contributed by atoms with Gasteiger partial charge in [-0.05, 0) is 38.0 Å². The maximum Gasteiger partial charge on any atom is 0.265 e. The van der Waals surface area contributed by atoms with Crippen molar-refractivity contribution in [3.63, 3.8) is 0 Å². The lowest BCUT2D eigenvalue weighted by molar-refractivity contribution is -0.122. The van der Waals surface area contributed by atoms with E-state index in [1.807, 2.05) is 18.2 Å². The van der Waals surface area contributed by atoms with Gasteiger partial charge in [-0.2, -0.15) is 0 Å². The van der Waals surface area contributed by atoms with E-state index in [0.717, 1.165) is 36.3 Å². The molecule has 3 N–H and O–H groups in total. The fourth-order valence-corrected chi connectivity index (χ4v) is 2.09. The van der Waals surface area contributed by atoms with Gasteiger partial charge < -0.3 is 20.7 Å². The second-order valence-electron chi connectivity index (χ2n) is 5.12. The topological polar surface area (TPSA) is 62.4 Å². The van der Waals surface area contributed by atoms with Crippen molar-refractivity contribution in [1.82, 2.24) is 5.32 Å². The summed E-state index contributed by atoms with van der Waals surface area (Å²) in [6, 6.07) is 6.51. The SMILES string of the molecule is CC1Oc2ccc(NCCNC3CC3)cc2NC1=O. The lowest BCUT2D eigenvalue weighted by atomic mass is 10.2. The lowest BCUT2D eigenvalue weighted by Crippen LogP contribution is -2.34. The minimum atomic E-state index is -0.422. The van der Waals surface area contributed by atoms with Gasteiger partial charge in [-0.3, -0.25) is 4.79 Å². The number of amides is 1. The van der Waals surface area contributed by atoms with Crippen LogP contribution in [0.4, 0.5) is 11.4 Å². The van der Waals surface area contributed by atoms with E-state index < -0.39 is 6.10 Å². The van der Waals surface area contributed by atoms with E-state index >= 15 is 0 Å². The number of carbonyl (C=O) groups excluding carboxylic acids is 1. The first-order chi connectivity index (χ1) is 9.22. The number of hydrogen-bond acceptors (Lipinski definition) is 4. The van der Waals surface area contributed by atoms with Gasteiger partial charge >= 0.3 is 0 Å². The maximum absolute atomic E-state index is 11.5. The summed E-state index contributed by atoms with van der Waals surface area (Å²) in [6.45, 7) is 3.58. The molecule has 19 heavy (non-hydrogen) atoms. The van der Waals surface area contributed by atoms with Gasteiger partial charge in [0.2, 0.25) is 0 Å². The highest BCUT2D eigenvalue weighted by Gasteiger charge is 2.23. The van der Waals surface area contributed by atoms with Crippen LogP contribution in [0.5, 0.6) is 5.75 Å². The Morgan fingerprint density at radius 2 is 2.21 bits per heavy atom. The van der Waals surface area contributed by atoms with Crippen molar-refractivity contribution in [1.29, 1.82) is 0 Å². The molecule has 1 aromatic rings. The first-order valence-corrected chi connectivity index (χ1v) is 6.81. The molecule has 5 heteroatoms. The van der Waals surface area contributed by atoms with Crippen molar-refractivity contribution in [2.75, 3.05) is 23.7 Å². The molecule has 5 nitrogen and oxygen atoms in total. The molecule has 1 aliphatic heterocycles. The largest absolute Gasteiger partial charge is 0.479 e. The third-order valence-corrected chi connectivity index (χ3v) is 3.37. The van der Waals surface area contributed by atoms with Gasteiger partial charge in [0.1, 0.15) is 5.75 Å². The molecule has 0 radical (unpaired) electrons. The fourth-order valence-electron chi connectivity index (χ4n) is 2.09. The Labute approximate surface area is 112 Å². The van der Waals surface area contributed by atoms with Gasteiger partial charge in [0.15, 0.2) is 6.10 Å². The second-order valence-corrected chi connectivity index (χ2v) is 5.12. The number of rotatable bonds is 5. The molecule has 1 amide bonds. The van der Waals surface area contributed by atoms with Crippen LogP contribution >= 0.6 is 0 Å². The van der Waals surface area contributed by atoms with Crippen LogP contribution in [0.3, 0.4) is 0 Å². The summed E-state index contributed by atoms with van der Waals surface area (Å²) in [5, 5.41) is 9.63. The quantitative estimate of drug-likeness (QED) is 0.704. The normalized spacial score (nSPS) is 21.3. The zero-order chi connectivity index (χ0) is 13.2. The standard InChI is InChI=1S/C14H19N3O2/c1-9-14(18)17-12-8-11(4-5-13(12)19-9)16-7-6-15-10-2-3-10/h4-5,8-10,15-16H,2-3,6-7H2,1H3,(H,17,18). The average Bonchev–Trinajstić information content (AvgIpc) is 3.20. The summed E-state index contributed by atoms with van der Waals surface area (Å²) in [5.74, 6) is 0.633. The Hall–Kier alpha value is -1.75. The summed E-state index contributed by atoms with van der Waals surface area (Å²) in [6.07, 6.45) is 2.19. The molecular formula is C14H19N3O2. The highest BCUT2D eigenvalue weighted by molar-refractivity contribution is 5.98. The van der Waals surface area contributed by atoms with Crippen molar-refractivity contribution >= 4 is 17.3 Å². The number of fused-ring (bicyclic) bond motifs is 1. The monoisotopic (exact) mass is 261 g/mol. The molecule has 0 spiro atoms. The van der Waals surface area contributed by atoms with Crippen LogP contribution < -0.4 is 20.7 Å². The third kappa shape index (κ3) is 2.98. The zero-order valence-corrected chi connectivity index (χ0v) is 11.0. The molecule has 1 saturated carbocycles. The third-order valence-electron chi connectivity index (χ3n) is 3.37. The van der Waals surface area contributed by atoms with Crippen molar-refractivity contribution in [2.24, 2.45) is 0 Å². The molecule has 0 saturated heterocycles. The van der Waals surface area contributed by atoms with Crippen LogP contribution in [0.1, 0.15) is 19.8 Å². The molecule has 1 atom stereocenters. The molecular weight excluding hydrogens is 242 g/mol. The van der Waals surface area contributed by atoms with Crippen LogP contribution in [-0.2, 0) is 4.79 Å². The highest BCUT2D eigenvalue weighted by atomic mass is 16.5. The van der Waals surface area contributed by atoms with Crippen molar-refractivity contribution in [3.05, 3.63) is 18.2 Å². The molecule has 1 fully saturated rings. The van der Waals surface area contributed by atoms with Gasteiger partial charge in [0, 0.05) is 24.8 Å². The number of anilines is 2. The lowest BCUT2D eigenvalue weighted by Gasteiger charge is -2.23. The van der Waals surface area contributed by atoms with E-state index in [2.05, 4.69) is 16.0 Å². The highest BCUT2D eigenvalue weighted by Crippen LogP contribution is 2.32. The Kier molecular flexibility index (Phi) is 3.29. The van der Waals surface area contributed by atoms with E-state index in [9.17, 15) is 4.79 Å². The summed E-state index contributed by atoms with van der Waals surface area (Å²) in [5.41, 5.74) is 1.73. The number of nitrogens with one attached hydrogen (secondary N) is 3. The molecule has 1 unspecified atom stereocenters. The Bertz CT molecular complexity index is 486. The van der Waals surface area contributed by atoms with E-state index in [-0.39, 0.29) is 5.91 Å². The van der Waals surface area contributed by atoms with Gasteiger partial charge in [-0.25, -0.2) is 0 Å². The molecule has 3 rings (SSSR count). The summed E-state index contributed by atoms with van der Waals surface area (Å²) < 4.78 is 5.51. The van der Waals surface area contributed by atoms with E-state index in [0.29, 0.717) is 0 Å². The minimum Gasteiger partial charge on any atom is -0.479 e. The van der Waals surface area contributed by atoms with Crippen LogP contribution in [0.15, 0.2) is 18.2 Å². The number of carbonyl (C=O) groups is 1. The van der Waals surface area contributed by atoms with Crippen molar-refractivity contribution in [2.45, 2.75) is 31.9 Å². The molecule has 1 aliphatic carbocycles. The molecule has 2 aliphatic rings. The molecule has 0 bridgehead atoms. The number of hydrogen-bond donors (Lipinski definition) is 3. The van der Waals surface area contributed by atoms with E-state index in [1.54, 1.807) is 6.92 Å². The Morgan fingerprint density at radius 1 is 1.37 bits per heavy atom. The van der Waals surface area contributed by atoms with E-state index in [4.69, 9.17) is 4.74 Å². The smallest absolute Gasteiger partial charge is 0.265 e. The predicted molar refractivity (Wildman–Crippen MR) is 74.7 cm³/mol. The average molecular weight is 261 g/mol. The molecule has 1 aromatic carbocycles. The maximum atomic E-state index is 11.5. The number of ether oxygens (including phenoxy) is 1. The van der Waals surface area contributed by atoms with Crippen LogP contribution in [-0.4, -0.2) is 31.1 Å². The van der Waals surface area contributed by atoms with Crippen molar-refractivity contribution < 1.29 is 9.53 Å². The summed E-state index contributed by atoms with van der Waals surface area (Å²) in [7, 11) is 0. The molecule has 1 heterocycles. The minimum absolute atomic E-state index is 0.0972. The van der Waals surface area contributed by atoms with Gasteiger partial charge in [0.05, 0.1) is 5.69 Å². The predicted octanol–water partition coefficient (Wildman–Crippen LogP) is 1.57. The second kappa shape index (κ2) is 5.09. The van der Waals surface area contributed by atoms with Gasteiger partial charge in [0.25, 0.3) is 5.91 Å². The van der Waals surface area contributed by atoms with Gasteiger partial charge in [-0.1, -0.05) is 0 Å². The first kappa shape index (κ1) is 12.3. The van der Waals surface area contributed by atoms with Crippen LogP contribution in [0.25, 0.3) is 0 Å². The first-order valence-electron chi connectivity index (χ1n) is 6.81. The van der Waals surface area contributed by atoms with Crippen LogP contribution in [0.2, 0.25) is 0 Å². The molecule has 0 aromatic heterocycles. The Morgan fingerprint density at radius 3 is 3.00 bits per heavy atom.